The van der Waals surface area contributed by atoms with Crippen LogP contribution < -0.4 is 11.1 Å². The van der Waals surface area contributed by atoms with Crippen LogP contribution >= 0.6 is 0 Å². The van der Waals surface area contributed by atoms with Gasteiger partial charge in [-0.3, -0.25) is 0 Å². The molecule has 0 aliphatic rings. The van der Waals surface area contributed by atoms with E-state index in [4.69, 9.17) is 11.0 Å². The highest BCUT2D eigenvalue weighted by Crippen LogP contribution is 2.16. The van der Waals surface area contributed by atoms with Crippen LogP contribution in [0.3, 0.4) is 0 Å². The average molecular weight is 191 g/mol. The van der Waals surface area contributed by atoms with Gasteiger partial charge in [0.1, 0.15) is 11.6 Å². The number of hydrogen-bond donors (Lipinski definition) is 2. The fraction of sp³-hybridized carbons (Fsp3) is 0.444. The highest BCUT2D eigenvalue weighted by molar-refractivity contribution is 5.55. The number of anilines is 1. The molecule has 0 saturated heterocycles. The first-order chi connectivity index (χ1) is 6.70. The summed E-state index contributed by atoms with van der Waals surface area (Å²) >= 11 is 0. The number of nitrogens with two attached hydrogens (primary N) is 1. The lowest BCUT2D eigenvalue weighted by Crippen LogP contribution is -2.16. The molecule has 0 spiro atoms. The summed E-state index contributed by atoms with van der Waals surface area (Å²) in [7, 11) is 0. The first kappa shape index (κ1) is 10.4. The van der Waals surface area contributed by atoms with Crippen molar-refractivity contribution in [3.8, 4) is 6.07 Å². The Labute approximate surface area is 82.9 Å². The fourth-order valence-corrected chi connectivity index (χ4v) is 1.06. The molecule has 1 aromatic heterocycles. The van der Waals surface area contributed by atoms with Gasteiger partial charge in [0.2, 0.25) is 0 Å². The molecule has 0 atom stereocenters. The summed E-state index contributed by atoms with van der Waals surface area (Å²) in [6.45, 7) is 4.78. The van der Waals surface area contributed by atoms with Crippen LogP contribution in [0.5, 0.6) is 0 Å². The SMILES string of the molecule is Cc1nnc(NCCN)c(C#N)c1C. The second kappa shape index (κ2) is 4.53. The maximum atomic E-state index is 8.93. The van der Waals surface area contributed by atoms with E-state index in [1.54, 1.807) is 0 Å². The Hall–Kier alpha value is -1.67. The molecule has 0 radical (unpaired) electrons. The normalized spacial score (nSPS) is 9.57. The highest BCUT2D eigenvalue weighted by atomic mass is 15.2. The van der Waals surface area contributed by atoms with Crippen LogP contribution in [0.1, 0.15) is 16.8 Å². The van der Waals surface area contributed by atoms with Crippen LogP contribution in [0, 0.1) is 25.2 Å². The third-order valence-corrected chi connectivity index (χ3v) is 2.00. The summed E-state index contributed by atoms with van der Waals surface area (Å²) < 4.78 is 0. The minimum absolute atomic E-state index is 0.499. The van der Waals surface area contributed by atoms with E-state index in [-0.39, 0.29) is 0 Å². The van der Waals surface area contributed by atoms with Crippen molar-refractivity contribution in [1.82, 2.24) is 10.2 Å². The summed E-state index contributed by atoms with van der Waals surface area (Å²) in [5.41, 5.74) is 7.53. The standard InChI is InChI=1S/C9H13N5/c1-6-7(2)13-14-9(8(6)5-11)12-4-3-10/h3-4,10H2,1-2H3,(H,12,14). The molecule has 5 heteroatoms. The van der Waals surface area contributed by atoms with E-state index < -0.39 is 0 Å². The van der Waals surface area contributed by atoms with E-state index in [1.807, 2.05) is 13.8 Å². The Bertz CT molecular complexity index is 366. The third-order valence-electron chi connectivity index (χ3n) is 2.00. The molecular weight excluding hydrogens is 178 g/mol. The lowest BCUT2D eigenvalue weighted by molar-refractivity contribution is 0.930. The monoisotopic (exact) mass is 191 g/mol. The first-order valence-electron chi connectivity index (χ1n) is 4.38. The maximum Gasteiger partial charge on any atom is 0.166 e. The molecule has 1 heterocycles. The second-order valence-electron chi connectivity index (χ2n) is 2.96. The van der Waals surface area contributed by atoms with Crippen molar-refractivity contribution in [2.45, 2.75) is 13.8 Å². The average Bonchev–Trinajstić information content (AvgIpc) is 2.20. The maximum absolute atomic E-state index is 8.93. The number of rotatable bonds is 3. The van der Waals surface area contributed by atoms with Crippen LogP contribution in [0.25, 0.3) is 0 Å². The summed E-state index contributed by atoms with van der Waals surface area (Å²) in [6, 6.07) is 2.11. The molecule has 74 valence electrons. The lowest BCUT2D eigenvalue weighted by atomic mass is 10.1. The van der Waals surface area contributed by atoms with Crippen LogP contribution in [0.4, 0.5) is 5.82 Å². The Morgan fingerprint density at radius 3 is 2.71 bits per heavy atom. The number of nitrogens with one attached hydrogen (secondary N) is 1. The Kier molecular flexibility index (Phi) is 3.37. The van der Waals surface area contributed by atoms with Gasteiger partial charge in [0.25, 0.3) is 0 Å². The zero-order valence-corrected chi connectivity index (χ0v) is 8.33. The van der Waals surface area contributed by atoms with Crippen LogP contribution in [0.2, 0.25) is 0 Å². The van der Waals surface area contributed by atoms with Crippen LogP contribution in [-0.2, 0) is 0 Å². The summed E-state index contributed by atoms with van der Waals surface area (Å²) in [6.07, 6.45) is 0. The minimum Gasteiger partial charge on any atom is -0.366 e. The molecule has 0 bridgehead atoms. The second-order valence-corrected chi connectivity index (χ2v) is 2.96. The van der Waals surface area contributed by atoms with Gasteiger partial charge >= 0.3 is 0 Å². The van der Waals surface area contributed by atoms with Crippen molar-refractivity contribution >= 4 is 5.82 Å². The molecule has 0 aliphatic carbocycles. The number of nitrogens with zero attached hydrogens (tertiary/aromatic N) is 3. The number of aromatic nitrogens is 2. The largest absolute Gasteiger partial charge is 0.366 e. The van der Waals surface area contributed by atoms with Gasteiger partial charge in [0.05, 0.1) is 5.69 Å². The lowest BCUT2D eigenvalue weighted by Gasteiger charge is -2.07. The molecule has 0 amide bonds. The summed E-state index contributed by atoms with van der Waals surface area (Å²) in [5, 5.41) is 19.7. The molecule has 5 nitrogen and oxygen atoms in total. The predicted octanol–water partition coefficient (Wildman–Crippen LogP) is 0.336. The highest BCUT2D eigenvalue weighted by Gasteiger charge is 2.09. The van der Waals surface area contributed by atoms with Gasteiger partial charge in [-0.1, -0.05) is 0 Å². The molecule has 14 heavy (non-hydrogen) atoms. The smallest absolute Gasteiger partial charge is 0.166 e. The van der Waals surface area contributed by atoms with E-state index in [0.29, 0.717) is 24.5 Å². The van der Waals surface area contributed by atoms with E-state index >= 15 is 0 Å². The van der Waals surface area contributed by atoms with Crippen LogP contribution in [0.15, 0.2) is 0 Å². The molecule has 0 fully saturated rings. The molecule has 0 aromatic carbocycles. The fourth-order valence-electron chi connectivity index (χ4n) is 1.06. The quantitative estimate of drug-likeness (QED) is 0.719. The number of nitriles is 1. The van der Waals surface area contributed by atoms with Gasteiger partial charge in [-0.25, -0.2) is 0 Å². The first-order valence-corrected chi connectivity index (χ1v) is 4.38. The van der Waals surface area contributed by atoms with Gasteiger partial charge in [-0.15, -0.1) is 5.10 Å². The molecule has 1 rings (SSSR count). The number of hydrogen-bond acceptors (Lipinski definition) is 5. The minimum atomic E-state index is 0.499. The molecular formula is C9H13N5. The zero-order valence-electron chi connectivity index (χ0n) is 8.33. The van der Waals surface area contributed by atoms with Crippen molar-refractivity contribution in [2.75, 3.05) is 18.4 Å². The molecule has 0 aliphatic heterocycles. The third kappa shape index (κ3) is 1.98. The van der Waals surface area contributed by atoms with E-state index in [2.05, 4.69) is 21.6 Å². The zero-order chi connectivity index (χ0) is 10.6. The summed E-state index contributed by atoms with van der Waals surface area (Å²) in [4.78, 5) is 0. The van der Waals surface area contributed by atoms with E-state index in [0.717, 1.165) is 11.3 Å². The van der Waals surface area contributed by atoms with Crippen molar-refractivity contribution < 1.29 is 0 Å². The van der Waals surface area contributed by atoms with Gasteiger partial charge in [-0.05, 0) is 19.4 Å². The van der Waals surface area contributed by atoms with Gasteiger partial charge in [0.15, 0.2) is 5.82 Å². The van der Waals surface area contributed by atoms with E-state index in [1.165, 1.54) is 0 Å². The van der Waals surface area contributed by atoms with Crippen molar-refractivity contribution in [2.24, 2.45) is 5.73 Å². The van der Waals surface area contributed by atoms with E-state index in [9.17, 15) is 0 Å². The van der Waals surface area contributed by atoms with Gasteiger partial charge in [0, 0.05) is 13.1 Å². The van der Waals surface area contributed by atoms with Gasteiger partial charge < -0.3 is 11.1 Å². The molecule has 0 saturated carbocycles. The Balaban J connectivity index is 3.06. The van der Waals surface area contributed by atoms with Crippen molar-refractivity contribution in [3.05, 3.63) is 16.8 Å². The van der Waals surface area contributed by atoms with Crippen LogP contribution in [-0.4, -0.2) is 23.3 Å². The summed E-state index contributed by atoms with van der Waals surface area (Å²) in [5.74, 6) is 0.515. The Morgan fingerprint density at radius 1 is 1.43 bits per heavy atom. The van der Waals surface area contributed by atoms with Gasteiger partial charge in [-0.2, -0.15) is 10.4 Å². The predicted molar refractivity (Wildman–Crippen MR) is 53.8 cm³/mol. The number of aryl methyl sites for hydroxylation is 1. The topological polar surface area (TPSA) is 87.6 Å². The van der Waals surface area contributed by atoms with Crippen molar-refractivity contribution in [3.63, 3.8) is 0 Å². The Morgan fingerprint density at radius 2 is 2.14 bits per heavy atom. The molecule has 1 aromatic rings. The molecule has 0 unspecified atom stereocenters. The molecule has 3 N–H and O–H groups in total. The van der Waals surface area contributed by atoms with Crippen molar-refractivity contribution in [1.29, 1.82) is 5.26 Å².